The molecule has 0 aliphatic heterocycles. The Kier molecular flexibility index (Phi) is 3.30. The molecule has 2 unspecified atom stereocenters. The van der Waals surface area contributed by atoms with E-state index in [1.807, 2.05) is 0 Å². The third kappa shape index (κ3) is 2.04. The minimum absolute atomic E-state index is 0.963. The molecule has 0 aromatic carbocycles. The molecule has 2 aliphatic carbocycles. The van der Waals surface area contributed by atoms with Gasteiger partial charge in [0.05, 0.1) is 8.07 Å². The molecule has 2 rings (SSSR count). The Labute approximate surface area is 96.9 Å². The largest absolute Gasteiger partial charge is 0.0689 e. The Balaban J connectivity index is 2.12. The van der Waals surface area contributed by atoms with Gasteiger partial charge >= 0.3 is 0 Å². The van der Waals surface area contributed by atoms with Gasteiger partial charge in [-0.15, -0.1) is 0 Å². The van der Waals surface area contributed by atoms with Crippen LogP contribution in [0.4, 0.5) is 0 Å². The topological polar surface area (TPSA) is 0 Å². The van der Waals surface area contributed by atoms with Crippen LogP contribution in [0.5, 0.6) is 0 Å². The fourth-order valence-electron chi connectivity index (χ4n) is 4.85. The molecular weight excluding hydrogens is 196 g/mol. The minimum atomic E-state index is -0.963. The van der Waals surface area contributed by atoms with Gasteiger partial charge in [0.2, 0.25) is 0 Å². The molecule has 0 aromatic rings. The van der Waals surface area contributed by atoms with Crippen LogP contribution in [0.3, 0.4) is 0 Å². The second kappa shape index (κ2) is 4.23. The van der Waals surface area contributed by atoms with E-state index in [-0.39, 0.29) is 0 Å². The van der Waals surface area contributed by atoms with E-state index < -0.39 is 8.07 Å². The highest BCUT2D eigenvalue weighted by Crippen LogP contribution is 2.54. The smallest absolute Gasteiger partial charge is 0.0541 e. The van der Waals surface area contributed by atoms with Crippen LogP contribution in [0.1, 0.15) is 52.4 Å². The Hall–Kier alpha value is 0.217. The van der Waals surface area contributed by atoms with Crippen LogP contribution in [0.2, 0.25) is 24.2 Å². The zero-order valence-electron chi connectivity index (χ0n) is 11.1. The van der Waals surface area contributed by atoms with Gasteiger partial charge in [0.15, 0.2) is 0 Å². The summed E-state index contributed by atoms with van der Waals surface area (Å²) in [7, 11) is -0.963. The summed E-state index contributed by atoms with van der Waals surface area (Å²) >= 11 is 0. The SMILES string of the molecule is CC1CCC(C)C1[Si](C)(C)C1CCCC1. The maximum Gasteiger partial charge on any atom is 0.0541 e. The van der Waals surface area contributed by atoms with E-state index in [0.29, 0.717) is 0 Å². The predicted octanol–water partition coefficient (Wildman–Crippen LogP) is 5.08. The van der Waals surface area contributed by atoms with E-state index in [4.69, 9.17) is 0 Å². The second-order valence-electron chi connectivity index (χ2n) is 6.86. The molecule has 88 valence electrons. The second-order valence-corrected chi connectivity index (χ2v) is 12.0. The van der Waals surface area contributed by atoms with Gasteiger partial charge in [0.25, 0.3) is 0 Å². The molecule has 2 aliphatic rings. The van der Waals surface area contributed by atoms with Gasteiger partial charge in [0, 0.05) is 0 Å². The molecule has 2 atom stereocenters. The molecule has 1 heteroatoms. The molecule has 0 N–H and O–H groups in total. The van der Waals surface area contributed by atoms with Crippen molar-refractivity contribution in [2.75, 3.05) is 0 Å². The Bertz CT molecular complexity index is 205. The van der Waals surface area contributed by atoms with Crippen molar-refractivity contribution in [3.8, 4) is 0 Å². The van der Waals surface area contributed by atoms with Crippen molar-refractivity contribution in [3.63, 3.8) is 0 Å². The molecule has 2 saturated carbocycles. The van der Waals surface area contributed by atoms with E-state index in [2.05, 4.69) is 26.9 Å². The molecule has 0 amide bonds. The molecule has 0 heterocycles. The summed E-state index contributed by atoms with van der Waals surface area (Å²) in [6, 6.07) is 0. The third-order valence-electron chi connectivity index (χ3n) is 5.57. The van der Waals surface area contributed by atoms with Crippen molar-refractivity contribution in [1.29, 1.82) is 0 Å². The fraction of sp³-hybridized carbons (Fsp3) is 1.00. The standard InChI is InChI=1S/C14H28Si/c1-11-9-10-12(2)14(11)15(3,4)13-7-5-6-8-13/h11-14H,5-10H2,1-4H3. The third-order valence-corrected chi connectivity index (χ3v) is 11.1. The van der Waals surface area contributed by atoms with Crippen LogP contribution in [-0.4, -0.2) is 8.07 Å². The Morgan fingerprint density at radius 1 is 0.800 bits per heavy atom. The van der Waals surface area contributed by atoms with Gasteiger partial charge in [0.1, 0.15) is 0 Å². The highest BCUT2D eigenvalue weighted by atomic mass is 28.3. The van der Waals surface area contributed by atoms with E-state index in [1.165, 1.54) is 25.7 Å². The molecule has 0 saturated heterocycles. The van der Waals surface area contributed by atoms with Crippen LogP contribution < -0.4 is 0 Å². The average molecular weight is 224 g/mol. The monoisotopic (exact) mass is 224 g/mol. The summed E-state index contributed by atoms with van der Waals surface area (Å²) in [6.07, 6.45) is 9.20. The van der Waals surface area contributed by atoms with Crippen molar-refractivity contribution in [2.45, 2.75) is 76.5 Å². The van der Waals surface area contributed by atoms with Gasteiger partial charge < -0.3 is 0 Å². The summed E-state index contributed by atoms with van der Waals surface area (Å²) in [6.45, 7) is 10.5. The van der Waals surface area contributed by atoms with Gasteiger partial charge in [-0.25, -0.2) is 0 Å². The molecule has 0 nitrogen and oxygen atoms in total. The Morgan fingerprint density at radius 3 is 1.73 bits per heavy atom. The van der Waals surface area contributed by atoms with E-state index >= 15 is 0 Å². The lowest BCUT2D eigenvalue weighted by atomic mass is 10.1. The summed E-state index contributed by atoms with van der Waals surface area (Å²) < 4.78 is 0. The number of hydrogen-bond acceptors (Lipinski definition) is 0. The van der Waals surface area contributed by atoms with Crippen LogP contribution in [0.25, 0.3) is 0 Å². The first-order valence-corrected chi connectivity index (χ1v) is 10.2. The van der Waals surface area contributed by atoms with Gasteiger partial charge in [-0.1, -0.05) is 65.5 Å². The first kappa shape index (κ1) is 11.7. The summed E-state index contributed by atoms with van der Waals surface area (Å²) in [5.74, 6) is 2.06. The maximum absolute atomic E-state index is 2.70. The molecule has 15 heavy (non-hydrogen) atoms. The Morgan fingerprint density at radius 2 is 1.27 bits per heavy atom. The quantitative estimate of drug-likeness (QED) is 0.574. The minimum Gasteiger partial charge on any atom is -0.0689 e. The van der Waals surface area contributed by atoms with Gasteiger partial charge in [-0.05, 0) is 22.9 Å². The average Bonchev–Trinajstić information content (AvgIpc) is 2.75. The molecule has 0 aromatic heterocycles. The lowest BCUT2D eigenvalue weighted by Gasteiger charge is -2.40. The highest BCUT2D eigenvalue weighted by molar-refractivity contribution is 6.80. The van der Waals surface area contributed by atoms with E-state index in [0.717, 1.165) is 22.9 Å². The summed E-state index contributed by atoms with van der Waals surface area (Å²) in [5, 5.41) is 0. The first-order valence-electron chi connectivity index (χ1n) is 7.03. The van der Waals surface area contributed by atoms with E-state index in [1.54, 1.807) is 12.8 Å². The zero-order chi connectivity index (χ0) is 11.1. The van der Waals surface area contributed by atoms with Crippen molar-refractivity contribution in [2.24, 2.45) is 11.8 Å². The summed E-state index contributed by atoms with van der Waals surface area (Å²) in [4.78, 5) is 0. The fourth-order valence-corrected chi connectivity index (χ4v) is 10.6. The van der Waals surface area contributed by atoms with Gasteiger partial charge in [-0.2, -0.15) is 0 Å². The van der Waals surface area contributed by atoms with E-state index in [9.17, 15) is 0 Å². The van der Waals surface area contributed by atoms with Crippen LogP contribution in [0, 0.1) is 11.8 Å². The molecule has 0 spiro atoms. The molecule has 2 fully saturated rings. The van der Waals surface area contributed by atoms with Crippen molar-refractivity contribution in [1.82, 2.24) is 0 Å². The summed E-state index contributed by atoms with van der Waals surface area (Å²) in [5.41, 5.74) is 2.28. The van der Waals surface area contributed by atoms with Crippen LogP contribution in [0.15, 0.2) is 0 Å². The number of rotatable bonds is 2. The first-order chi connectivity index (χ1) is 7.03. The molecule has 0 radical (unpaired) electrons. The predicted molar refractivity (Wildman–Crippen MR) is 71.0 cm³/mol. The van der Waals surface area contributed by atoms with Crippen LogP contribution in [-0.2, 0) is 0 Å². The lowest BCUT2D eigenvalue weighted by Crippen LogP contribution is -2.40. The maximum atomic E-state index is 2.70. The normalized spacial score (nSPS) is 38.8. The molecular formula is C14H28Si. The van der Waals surface area contributed by atoms with Crippen molar-refractivity contribution in [3.05, 3.63) is 0 Å². The molecule has 0 bridgehead atoms. The highest BCUT2D eigenvalue weighted by Gasteiger charge is 2.46. The van der Waals surface area contributed by atoms with Crippen molar-refractivity contribution < 1.29 is 0 Å². The van der Waals surface area contributed by atoms with Crippen molar-refractivity contribution >= 4 is 8.07 Å². The zero-order valence-corrected chi connectivity index (χ0v) is 12.1. The van der Waals surface area contributed by atoms with Gasteiger partial charge in [-0.3, -0.25) is 0 Å². The lowest BCUT2D eigenvalue weighted by molar-refractivity contribution is 0.522. The van der Waals surface area contributed by atoms with Crippen LogP contribution >= 0.6 is 0 Å². The number of hydrogen-bond donors (Lipinski definition) is 0.